The summed E-state index contributed by atoms with van der Waals surface area (Å²) in [6.07, 6.45) is -0.976. The first-order valence-corrected chi connectivity index (χ1v) is 5.20. The van der Waals surface area contributed by atoms with Crippen LogP contribution in [0.15, 0.2) is 6.20 Å². The lowest BCUT2D eigenvalue weighted by Gasteiger charge is -2.11. The zero-order chi connectivity index (χ0) is 12.2. The first-order chi connectivity index (χ1) is 8.11. The van der Waals surface area contributed by atoms with Gasteiger partial charge < -0.3 is 33.1 Å². The maximum Gasteiger partial charge on any atom is 0.396 e. The fourth-order valence-electron chi connectivity index (χ4n) is 2.21. The molecule has 2 aliphatic heterocycles. The van der Waals surface area contributed by atoms with Gasteiger partial charge in [-0.15, -0.1) is 0 Å². The predicted molar refractivity (Wildman–Crippen MR) is 53.2 cm³/mol. The van der Waals surface area contributed by atoms with E-state index in [1.807, 2.05) is 0 Å². The van der Waals surface area contributed by atoms with Crippen LogP contribution in [0.4, 0.5) is 16.2 Å². The Hall–Kier alpha value is -1.22. The van der Waals surface area contributed by atoms with Crippen LogP contribution in [0.5, 0.6) is 0 Å². The molecule has 1 fully saturated rings. The molecule has 1 aromatic rings. The molecule has 9 heteroatoms. The Kier molecular flexibility index (Phi) is 3.28. The molecule has 0 amide bonds. The van der Waals surface area contributed by atoms with Gasteiger partial charge in [-0.1, -0.05) is 4.98 Å². The fourth-order valence-corrected chi connectivity index (χ4v) is 2.21. The van der Waals surface area contributed by atoms with Crippen LogP contribution in [0.3, 0.4) is 0 Å². The molecule has 1 aromatic heterocycles. The van der Waals surface area contributed by atoms with Crippen molar-refractivity contribution in [1.29, 1.82) is 0 Å². The van der Waals surface area contributed by atoms with Crippen LogP contribution in [-0.2, 0) is 4.74 Å². The van der Waals surface area contributed by atoms with E-state index < -0.39 is 30.3 Å². The molecule has 0 aromatic carbocycles. The minimum atomic E-state index is -0.879. The first-order valence-electron chi connectivity index (χ1n) is 5.20. The van der Waals surface area contributed by atoms with Crippen molar-refractivity contribution >= 4 is 11.8 Å². The summed E-state index contributed by atoms with van der Waals surface area (Å²) in [7, 11) is 0. The number of nitrogen functional groups attached to an aromatic ring is 1. The largest absolute Gasteiger partial charge is 1.00 e. The zero-order valence-electron chi connectivity index (χ0n) is 9.12. The van der Waals surface area contributed by atoms with Crippen molar-refractivity contribution < 1.29 is 36.3 Å². The SMILES string of the molecule is Nc1nc2[n+](cc1F)[C@@H]1O[C@H](CO)[C@@H](O)[C@@H]1N2.[Cl-]. The number of rotatable bonds is 1. The van der Waals surface area contributed by atoms with Gasteiger partial charge in [0.15, 0.2) is 6.04 Å². The molecule has 100 valence electrons. The van der Waals surface area contributed by atoms with Crippen molar-refractivity contribution in [2.45, 2.75) is 24.5 Å². The molecule has 5 N–H and O–H groups in total. The molecule has 0 saturated carbocycles. The number of fused-ring (bicyclic) bond motifs is 3. The summed E-state index contributed by atoms with van der Waals surface area (Å²) in [5, 5.41) is 21.8. The van der Waals surface area contributed by atoms with Gasteiger partial charge in [0, 0.05) is 0 Å². The van der Waals surface area contributed by atoms with Gasteiger partial charge in [0.1, 0.15) is 18.4 Å². The highest BCUT2D eigenvalue weighted by Gasteiger charge is 2.54. The second-order valence-electron chi connectivity index (χ2n) is 4.11. The predicted octanol–water partition coefficient (Wildman–Crippen LogP) is -4.86. The van der Waals surface area contributed by atoms with E-state index in [1.165, 1.54) is 10.8 Å². The van der Waals surface area contributed by atoms with Crippen molar-refractivity contribution in [3.05, 3.63) is 12.0 Å². The number of nitrogens with zero attached hydrogens (tertiary/aromatic N) is 2. The van der Waals surface area contributed by atoms with Crippen LogP contribution >= 0.6 is 0 Å². The van der Waals surface area contributed by atoms with Gasteiger partial charge in [-0.05, 0) is 0 Å². The number of aromatic nitrogens is 2. The summed E-state index contributed by atoms with van der Waals surface area (Å²) >= 11 is 0. The summed E-state index contributed by atoms with van der Waals surface area (Å²) in [5.74, 6) is -0.520. The van der Waals surface area contributed by atoms with Gasteiger partial charge in [-0.3, -0.25) is 5.32 Å². The Balaban J connectivity index is 0.00000120. The molecule has 0 bridgehead atoms. The lowest BCUT2D eigenvalue weighted by molar-refractivity contribution is -0.740. The van der Waals surface area contributed by atoms with Crippen molar-refractivity contribution in [2.24, 2.45) is 0 Å². The first kappa shape index (κ1) is 13.2. The third-order valence-electron chi connectivity index (χ3n) is 3.09. The summed E-state index contributed by atoms with van der Waals surface area (Å²) in [6.45, 7) is -0.295. The molecule has 4 atom stereocenters. The van der Waals surface area contributed by atoms with E-state index in [1.54, 1.807) is 0 Å². The zero-order valence-corrected chi connectivity index (χ0v) is 9.88. The molecule has 1 saturated heterocycles. The molecule has 0 unspecified atom stereocenters. The Labute approximate surface area is 108 Å². The van der Waals surface area contributed by atoms with Crippen LogP contribution < -0.4 is 28.0 Å². The van der Waals surface area contributed by atoms with Crippen molar-refractivity contribution in [3.63, 3.8) is 0 Å². The summed E-state index contributed by atoms with van der Waals surface area (Å²) in [5.41, 5.74) is 5.35. The number of aliphatic hydroxyl groups is 2. The number of nitrogens with two attached hydrogens (primary N) is 1. The Morgan fingerprint density at radius 2 is 2.33 bits per heavy atom. The Morgan fingerprint density at radius 1 is 1.61 bits per heavy atom. The van der Waals surface area contributed by atoms with Crippen molar-refractivity contribution in [1.82, 2.24) is 4.98 Å². The Bertz CT molecular complexity index is 477. The minimum absolute atomic E-state index is 0. The monoisotopic (exact) mass is 278 g/mol. The highest BCUT2D eigenvalue weighted by Crippen LogP contribution is 2.32. The molecule has 18 heavy (non-hydrogen) atoms. The summed E-state index contributed by atoms with van der Waals surface area (Å²) in [4.78, 5) is 3.82. The van der Waals surface area contributed by atoms with Gasteiger partial charge in [-0.25, -0.2) is 4.57 Å². The van der Waals surface area contributed by atoms with Crippen LogP contribution in [-0.4, -0.2) is 40.1 Å². The molecule has 0 aliphatic carbocycles. The molecule has 0 radical (unpaired) electrons. The third kappa shape index (κ3) is 1.69. The second kappa shape index (κ2) is 4.47. The molecule has 2 aliphatic rings. The molecule has 3 heterocycles. The second-order valence-corrected chi connectivity index (χ2v) is 4.11. The van der Waals surface area contributed by atoms with E-state index in [0.717, 1.165) is 0 Å². The van der Waals surface area contributed by atoms with Crippen molar-refractivity contribution in [2.75, 3.05) is 17.7 Å². The van der Waals surface area contributed by atoms with Gasteiger partial charge in [0.25, 0.3) is 0 Å². The van der Waals surface area contributed by atoms with Crippen LogP contribution in [0.25, 0.3) is 0 Å². The number of aliphatic hydroxyl groups excluding tert-OH is 2. The normalized spacial score (nSPS) is 32.4. The van der Waals surface area contributed by atoms with E-state index in [0.29, 0.717) is 5.95 Å². The number of ether oxygens (including phenoxy) is 1. The number of hydrogen-bond donors (Lipinski definition) is 4. The molecule has 7 nitrogen and oxygen atoms in total. The molecular weight excluding hydrogens is 267 g/mol. The highest BCUT2D eigenvalue weighted by molar-refractivity contribution is 5.35. The molecule has 3 rings (SSSR count). The average Bonchev–Trinajstić information content (AvgIpc) is 2.78. The number of nitrogens with one attached hydrogen (secondary N) is 1. The summed E-state index contributed by atoms with van der Waals surface area (Å²) < 4.78 is 20.2. The summed E-state index contributed by atoms with van der Waals surface area (Å²) in [6, 6.07) is -0.458. The lowest BCUT2D eigenvalue weighted by Crippen LogP contribution is -3.00. The fraction of sp³-hybridized carbons (Fsp3) is 0.556. The molecular formula is C9H12ClFN4O3. The smallest absolute Gasteiger partial charge is 0.396 e. The topological polar surface area (TPSA) is 105 Å². The van der Waals surface area contributed by atoms with Crippen LogP contribution in [0.1, 0.15) is 6.23 Å². The Morgan fingerprint density at radius 3 is 3.00 bits per heavy atom. The van der Waals surface area contributed by atoms with Gasteiger partial charge >= 0.3 is 5.95 Å². The van der Waals surface area contributed by atoms with Gasteiger partial charge in [0.05, 0.1) is 6.61 Å². The quantitative estimate of drug-likeness (QED) is 0.384. The third-order valence-corrected chi connectivity index (χ3v) is 3.09. The van der Waals surface area contributed by atoms with Crippen molar-refractivity contribution in [3.8, 4) is 0 Å². The maximum absolute atomic E-state index is 13.3. The maximum atomic E-state index is 13.3. The molecule has 0 spiro atoms. The van der Waals surface area contributed by atoms with E-state index >= 15 is 0 Å². The van der Waals surface area contributed by atoms with E-state index in [2.05, 4.69) is 10.3 Å². The van der Waals surface area contributed by atoms with E-state index in [9.17, 15) is 9.50 Å². The highest BCUT2D eigenvalue weighted by atomic mass is 35.5. The minimum Gasteiger partial charge on any atom is -1.00 e. The standard InChI is InChI=1S/C9H11FN4O3.ClH/c10-3-1-14-8-5(6(16)4(2-15)17-8)12-9(14)13-7(3)11;/h1,4-6,8,15-16H,2H2,(H2,11,12,13);1H/t4-,5+,6-,8-;/m1./s1. The van der Waals surface area contributed by atoms with E-state index in [4.69, 9.17) is 15.6 Å². The van der Waals surface area contributed by atoms with E-state index in [-0.39, 0.29) is 24.8 Å². The number of hydrogen-bond acceptors (Lipinski definition) is 6. The van der Waals surface area contributed by atoms with Crippen LogP contribution in [0, 0.1) is 5.82 Å². The van der Waals surface area contributed by atoms with Gasteiger partial charge in [0.2, 0.25) is 17.9 Å². The van der Waals surface area contributed by atoms with Crippen LogP contribution in [0.2, 0.25) is 0 Å². The lowest BCUT2D eigenvalue weighted by atomic mass is 10.1. The number of halogens is 2. The average molecular weight is 279 g/mol. The van der Waals surface area contributed by atoms with Gasteiger partial charge in [-0.2, -0.15) is 4.39 Å². The number of anilines is 2.